The van der Waals surface area contributed by atoms with E-state index in [1.807, 2.05) is 0 Å². The van der Waals surface area contributed by atoms with Crippen LogP contribution in [0.1, 0.15) is 24.9 Å². The molecule has 1 aliphatic rings. The fourth-order valence-corrected chi connectivity index (χ4v) is 2.93. The molecule has 120 valence electrons. The summed E-state index contributed by atoms with van der Waals surface area (Å²) in [6, 6.07) is 0. The van der Waals surface area contributed by atoms with Crippen LogP contribution in [0.2, 0.25) is 0 Å². The van der Waals surface area contributed by atoms with Crippen molar-refractivity contribution in [2.24, 2.45) is 0 Å². The highest BCUT2D eigenvalue weighted by Crippen LogP contribution is 2.46. The molecule has 0 aromatic heterocycles. The Hall–Kier alpha value is -1.22. The van der Waals surface area contributed by atoms with Gasteiger partial charge in [-0.25, -0.2) is 4.79 Å². The van der Waals surface area contributed by atoms with Crippen LogP contribution in [0, 0.1) is 13.7 Å². The zero-order valence-corrected chi connectivity index (χ0v) is 13.4. The number of rotatable bonds is 1. The van der Waals surface area contributed by atoms with Gasteiger partial charge >= 0.3 is 12.3 Å². The number of ether oxygens (including phenoxy) is 2. The zero-order valence-electron chi connectivity index (χ0n) is 16.2. The average molecular weight is 452 g/mol. The Labute approximate surface area is 148 Å². The maximum Gasteiger partial charge on any atom is 0.511 e. The molecule has 0 aliphatic carbocycles. The van der Waals surface area contributed by atoms with Crippen molar-refractivity contribution in [2.75, 3.05) is 0 Å². The molecule has 1 heterocycles. The fraction of sp³-hybridized carbons (Fsp3) is 0.308. The smallest absolute Gasteiger partial charge is 0.471 e. The quantitative estimate of drug-likeness (QED) is 0.597. The average Bonchev–Trinajstić information content (AvgIpc) is 2.41. The van der Waals surface area contributed by atoms with E-state index in [0.717, 1.165) is 0 Å². The molecule has 0 bridgehead atoms. The molecular weight excluding hydrogens is 437 g/mol. The largest absolute Gasteiger partial charge is 0.511 e. The summed E-state index contributed by atoms with van der Waals surface area (Å²) in [6.07, 6.45) is -9.53. The first-order valence-corrected chi connectivity index (χ1v) is 6.96. The van der Waals surface area contributed by atoms with Gasteiger partial charge in [0.05, 0.1) is 4.47 Å². The van der Waals surface area contributed by atoms with E-state index in [-0.39, 0.29) is 0 Å². The summed E-state index contributed by atoms with van der Waals surface area (Å²) in [5, 5.41) is 8.70. The van der Waals surface area contributed by atoms with E-state index in [1.54, 1.807) is 0 Å². The van der Waals surface area contributed by atoms with Crippen LogP contribution in [-0.4, -0.2) is 23.5 Å². The van der Waals surface area contributed by atoms with Gasteiger partial charge in [-0.2, -0.15) is 13.2 Å². The van der Waals surface area contributed by atoms with Gasteiger partial charge in [0, 0.05) is 18.3 Å². The Morgan fingerprint density at radius 2 is 2.00 bits per heavy atom. The first-order chi connectivity index (χ1) is 12.5. The lowest BCUT2D eigenvalue weighted by atomic mass is 10.00. The third-order valence-electron chi connectivity index (χ3n) is 2.65. The summed E-state index contributed by atoms with van der Waals surface area (Å²) in [5.74, 6) is -1.92. The normalized spacial score (nSPS) is 22.6. The molecule has 0 saturated carbocycles. The van der Waals surface area contributed by atoms with E-state index >= 15 is 0 Å². The first-order valence-electron chi connectivity index (χ1n) is 8.38. The number of benzene rings is 1. The molecule has 1 unspecified atom stereocenters. The molecule has 0 fully saturated rings. The number of carboxylic acid groups (broad SMARTS) is 1. The van der Waals surface area contributed by atoms with Crippen LogP contribution >= 0.6 is 31.9 Å². The number of alkyl halides is 3. The lowest BCUT2D eigenvalue weighted by Crippen LogP contribution is -2.39. The van der Waals surface area contributed by atoms with Gasteiger partial charge in [-0.1, -0.05) is 15.9 Å². The maximum absolute atomic E-state index is 13.3. The monoisotopic (exact) mass is 450 g/mol. The van der Waals surface area contributed by atoms with Gasteiger partial charge in [-0.3, -0.25) is 0 Å². The highest BCUT2D eigenvalue weighted by molar-refractivity contribution is 9.11. The van der Waals surface area contributed by atoms with E-state index in [4.69, 9.17) is 18.1 Å². The number of fused-ring (bicyclic) bond motifs is 1. The Balaban J connectivity index is 2.95. The second-order valence-electron chi connectivity index (χ2n) is 4.07. The summed E-state index contributed by atoms with van der Waals surface area (Å²) in [6.45, 7) is -5.89. The molecule has 1 N–H and O–H groups in total. The molecule has 0 spiro atoms. The summed E-state index contributed by atoms with van der Waals surface area (Å²) in [4.78, 5) is 10.8. The molecule has 2 rings (SSSR count). The van der Waals surface area contributed by atoms with E-state index in [1.165, 1.54) is 0 Å². The van der Waals surface area contributed by atoms with E-state index in [0.29, 0.717) is 6.08 Å². The molecule has 0 radical (unpaired) electrons. The van der Waals surface area contributed by atoms with Crippen molar-refractivity contribution in [3.8, 4) is 5.75 Å². The van der Waals surface area contributed by atoms with Crippen molar-refractivity contribution in [3.05, 3.63) is 31.4 Å². The van der Waals surface area contributed by atoms with Crippen molar-refractivity contribution in [2.45, 2.75) is 26.0 Å². The molecule has 0 amide bonds. The third kappa shape index (κ3) is 2.96. The van der Waals surface area contributed by atoms with Gasteiger partial charge in [0.2, 0.25) is 0 Å². The molecule has 1 atom stereocenters. The second-order valence-corrected chi connectivity index (χ2v) is 5.66. The van der Waals surface area contributed by atoms with Crippen LogP contribution in [0.4, 0.5) is 18.0 Å². The van der Waals surface area contributed by atoms with Crippen molar-refractivity contribution in [1.82, 2.24) is 0 Å². The lowest BCUT2D eigenvalue weighted by Gasteiger charge is -2.29. The fourth-order valence-electron chi connectivity index (χ4n) is 1.74. The topological polar surface area (TPSA) is 55.8 Å². The van der Waals surface area contributed by atoms with Crippen LogP contribution in [-0.2, 0) is 4.74 Å². The Kier molecular flexibility index (Phi) is 2.76. The minimum atomic E-state index is -5.13. The molecule has 1 aromatic rings. The predicted molar refractivity (Wildman–Crippen MR) is 78.9 cm³/mol. The Morgan fingerprint density at radius 3 is 2.50 bits per heavy atom. The lowest BCUT2D eigenvalue weighted by molar-refractivity contribution is -0.191. The van der Waals surface area contributed by atoms with Gasteiger partial charge in [0.15, 0.2) is 5.76 Å². The van der Waals surface area contributed by atoms with Gasteiger partial charge < -0.3 is 14.6 Å². The van der Waals surface area contributed by atoms with E-state index in [2.05, 4.69) is 36.6 Å². The SMILES string of the molecule is [2H]C([2H])([2H])c1c(Br)c2c(c(C([2H])([2H])[2H])c1Br)C=C(OC(=O)O)C(C(F)(F)F)O2. The van der Waals surface area contributed by atoms with Gasteiger partial charge in [0.1, 0.15) is 5.75 Å². The molecule has 1 aromatic carbocycles. The highest BCUT2D eigenvalue weighted by atomic mass is 79.9. The van der Waals surface area contributed by atoms with Gasteiger partial charge in [-0.05, 0) is 46.8 Å². The second kappa shape index (κ2) is 5.77. The highest BCUT2D eigenvalue weighted by Gasteiger charge is 2.49. The van der Waals surface area contributed by atoms with E-state index < -0.39 is 69.3 Å². The minimum Gasteiger partial charge on any atom is -0.471 e. The molecule has 0 saturated heterocycles. The van der Waals surface area contributed by atoms with Crippen LogP contribution in [0.25, 0.3) is 6.08 Å². The summed E-state index contributed by atoms with van der Waals surface area (Å²) in [7, 11) is 0. The van der Waals surface area contributed by atoms with Crippen LogP contribution in [0.3, 0.4) is 0 Å². The number of hydrogen-bond donors (Lipinski definition) is 1. The van der Waals surface area contributed by atoms with Crippen LogP contribution < -0.4 is 4.74 Å². The number of hydrogen-bond acceptors (Lipinski definition) is 3. The summed E-state index contributed by atoms with van der Waals surface area (Å²) in [5.41, 5.74) is -1.73. The summed E-state index contributed by atoms with van der Waals surface area (Å²) >= 11 is 5.76. The van der Waals surface area contributed by atoms with Gasteiger partial charge in [0.25, 0.3) is 6.10 Å². The predicted octanol–water partition coefficient (Wildman–Crippen LogP) is 5.19. The van der Waals surface area contributed by atoms with Crippen LogP contribution in [0.15, 0.2) is 14.7 Å². The molecule has 1 aliphatic heterocycles. The molecular formula is C13H9Br2F3O4. The molecule has 4 nitrogen and oxygen atoms in total. The number of halogens is 5. The maximum atomic E-state index is 13.3. The zero-order chi connectivity index (χ0) is 21.8. The van der Waals surface area contributed by atoms with Crippen molar-refractivity contribution < 1.29 is 40.8 Å². The first kappa shape index (κ1) is 10.5. The molecule has 9 heteroatoms. The van der Waals surface area contributed by atoms with E-state index in [9.17, 15) is 18.0 Å². The third-order valence-corrected chi connectivity index (χ3v) is 4.20. The van der Waals surface area contributed by atoms with Crippen molar-refractivity contribution >= 4 is 44.1 Å². The Bertz CT molecular complexity index is 864. The van der Waals surface area contributed by atoms with Crippen LogP contribution in [0.5, 0.6) is 5.75 Å². The molecule has 22 heavy (non-hydrogen) atoms. The van der Waals surface area contributed by atoms with Crippen molar-refractivity contribution in [3.63, 3.8) is 0 Å². The van der Waals surface area contributed by atoms with Crippen molar-refractivity contribution in [1.29, 1.82) is 0 Å². The standard InChI is InChI=1S/C13H9Br2F3O4/c1-4-6-3-7(21-12(19)20)11(13(16,17)18)22-10(6)9(15)5(2)8(4)14/h3,11H,1-2H3,(H,19,20)/i1D3,2D3. The number of carbonyl (C=O) groups is 1. The Morgan fingerprint density at radius 1 is 1.36 bits per heavy atom. The minimum absolute atomic E-state index is 0.405. The summed E-state index contributed by atoms with van der Waals surface area (Å²) < 4.78 is 93.8. The van der Waals surface area contributed by atoms with Gasteiger partial charge in [-0.15, -0.1) is 0 Å².